The van der Waals surface area contributed by atoms with Crippen molar-refractivity contribution in [2.75, 3.05) is 20.1 Å². The fourth-order valence-corrected chi connectivity index (χ4v) is 5.22. The van der Waals surface area contributed by atoms with Gasteiger partial charge in [-0.25, -0.2) is 0 Å². The monoisotopic (exact) mass is 586 g/mol. The predicted molar refractivity (Wildman–Crippen MR) is 166 cm³/mol. The van der Waals surface area contributed by atoms with Gasteiger partial charge < -0.3 is 29.9 Å². The molecule has 0 bridgehead atoms. The lowest BCUT2D eigenvalue weighted by atomic mass is 9.99. The summed E-state index contributed by atoms with van der Waals surface area (Å²) in [4.78, 5) is 25.0. The van der Waals surface area contributed by atoms with Crippen LogP contribution in [-0.4, -0.2) is 53.2 Å². The molecule has 1 fully saturated rings. The van der Waals surface area contributed by atoms with Crippen molar-refractivity contribution in [3.05, 3.63) is 108 Å². The number of nitrogens with zero attached hydrogens (tertiary/aromatic N) is 1. The first-order valence-electron chi connectivity index (χ1n) is 14.8. The Kier molecular flexibility index (Phi) is 12.1. The maximum absolute atomic E-state index is 12.2. The van der Waals surface area contributed by atoms with Gasteiger partial charge >= 0.3 is 5.97 Å². The van der Waals surface area contributed by atoms with Crippen LogP contribution in [0.25, 0.3) is 11.1 Å². The third-order valence-electron chi connectivity index (χ3n) is 7.55. The molecule has 8 nitrogen and oxygen atoms in total. The number of hydrogen-bond acceptors (Lipinski definition) is 6. The number of carboxylic acids is 1. The van der Waals surface area contributed by atoms with Gasteiger partial charge in [-0.2, -0.15) is 0 Å². The number of ether oxygens (including phenoxy) is 2. The first-order valence-corrected chi connectivity index (χ1v) is 14.8. The van der Waals surface area contributed by atoms with E-state index in [4.69, 9.17) is 14.6 Å². The largest absolute Gasteiger partial charge is 0.481 e. The highest BCUT2D eigenvalue weighted by atomic mass is 16.7. The first kappa shape index (κ1) is 32.1. The average molecular weight is 587 g/mol. The van der Waals surface area contributed by atoms with Crippen molar-refractivity contribution in [2.24, 2.45) is 0 Å². The minimum atomic E-state index is -0.838. The summed E-state index contributed by atoms with van der Waals surface area (Å²) in [5, 5.41) is 21.1. The summed E-state index contributed by atoms with van der Waals surface area (Å²) in [5.74, 6) is -0.918. The van der Waals surface area contributed by atoms with Crippen LogP contribution in [0.3, 0.4) is 0 Å². The second-order valence-electron chi connectivity index (χ2n) is 11.1. The first-order chi connectivity index (χ1) is 20.8. The highest BCUT2D eigenvalue weighted by molar-refractivity contribution is 5.76. The third kappa shape index (κ3) is 9.86. The molecule has 3 atom stereocenters. The molecular formula is C35H42N2O6. The SMILES string of the molecule is C=CCN(C)C[C@@H]1C[C@H](c2ccc(CO)cc2)O[C@H](c2ccc(-c3cccc(CNC(=O)CCCCC(=O)O)c3)cc2)O1. The molecule has 0 aromatic heterocycles. The van der Waals surface area contributed by atoms with Crippen molar-refractivity contribution in [3.8, 4) is 11.1 Å². The van der Waals surface area contributed by atoms with E-state index >= 15 is 0 Å². The smallest absolute Gasteiger partial charge is 0.303 e. The zero-order valence-corrected chi connectivity index (χ0v) is 24.8. The second-order valence-corrected chi connectivity index (χ2v) is 11.1. The number of unbranched alkanes of at least 4 members (excludes halogenated alkanes) is 1. The van der Waals surface area contributed by atoms with Crippen LogP contribution in [0.15, 0.2) is 85.5 Å². The fraction of sp³-hybridized carbons (Fsp3) is 0.371. The standard InChI is InChI=1S/C35H42N2O6/c1-3-19-37(2)23-31-21-32(28-13-11-25(24-38)12-14-28)43-35(42-31)29-17-15-27(16-18-29)30-8-6-7-26(20-30)22-36-33(39)9-4-5-10-34(40)41/h3,6-8,11-18,20,31-32,35,38H,1,4-5,9-10,19,21-24H2,2H3,(H,36,39)(H,40,41)/t31-,32+,35+/m0/s1. The van der Waals surface area contributed by atoms with Crippen molar-refractivity contribution in [1.82, 2.24) is 10.2 Å². The summed E-state index contributed by atoms with van der Waals surface area (Å²) in [7, 11) is 2.05. The summed E-state index contributed by atoms with van der Waals surface area (Å²) in [5.41, 5.74) is 5.92. The van der Waals surface area contributed by atoms with E-state index in [0.717, 1.165) is 52.9 Å². The van der Waals surface area contributed by atoms with Crippen molar-refractivity contribution < 1.29 is 29.3 Å². The van der Waals surface area contributed by atoms with Crippen molar-refractivity contribution in [2.45, 2.75) is 63.8 Å². The van der Waals surface area contributed by atoms with Crippen LogP contribution >= 0.6 is 0 Å². The summed E-state index contributed by atoms with van der Waals surface area (Å²) < 4.78 is 12.9. The number of carbonyl (C=O) groups excluding carboxylic acids is 1. The Bertz CT molecular complexity index is 1340. The number of carbonyl (C=O) groups is 2. The molecule has 3 aromatic carbocycles. The van der Waals surface area contributed by atoms with E-state index in [1.165, 1.54) is 0 Å². The molecule has 0 saturated carbocycles. The molecule has 1 aliphatic heterocycles. The highest BCUT2D eigenvalue weighted by Crippen LogP contribution is 2.38. The average Bonchev–Trinajstić information content (AvgIpc) is 3.02. The Morgan fingerprint density at radius 3 is 2.37 bits per heavy atom. The molecular weight excluding hydrogens is 544 g/mol. The van der Waals surface area contributed by atoms with E-state index < -0.39 is 12.3 Å². The topological polar surface area (TPSA) is 108 Å². The Balaban J connectivity index is 1.41. The summed E-state index contributed by atoms with van der Waals surface area (Å²) >= 11 is 0. The number of aliphatic hydroxyl groups excluding tert-OH is 1. The highest BCUT2D eigenvalue weighted by Gasteiger charge is 2.32. The number of amides is 1. The summed E-state index contributed by atoms with van der Waals surface area (Å²) in [6.07, 6.45) is 3.37. The molecule has 3 N–H and O–H groups in total. The molecule has 3 aromatic rings. The van der Waals surface area contributed by atoms with E-state index in [2.05, 4.69) is 42.0 Å². The van der Waals surface area contributed by atoms with Crippen LogP contribution in [0.2, 0.25) is 0 Å². The lowest BCUT2D eigenvalue weighted by Crippen LogP contribution is -2.37. The van der Waals surface area contributed by atoms with E-state index in [-0.39, 0.29) is 31.1 Å². The quantitative estimate of drug-likeness (QED) is 0.153. The molecule has 0 unspecified atom stereocenters. The van der Waals surface area contributed by atoms with E-state index in [9.17, 15) is 14.7 Å². The van der Waals surface area contributed by atoms with Gasteiger partial charge in [0.25, 0.3) is 0 Å². The number of carboxylic acid groups (broad SMARTS) is 1. The number of benzene rings is 3. The van der Waals surface area contributed by atoms with Crippen molar-refractivity contribution in [1.29, 1.82) is 0 Å². The zero-order valence-electron chi connectivity index (χ0n) is 24.8. The lowest BCUT2D eigenvalue weighted by Gasteiger charge is -2.37. The lowest BCUT2D eigenvalue weighted by molar-refractivity contribution is -0.252. The van der Waals surface area contributed by atoms with Gasteiger partial charge in [0.15, 0.2) is 6.29 Å². The van der Waals surface area contributed by atoms with Gasteiger partial charge in [0.1, 0.15) is 0 Å². The molecule has 0 spiro atoms. The molecule has 0 aliphatic carbocycles. The molecule has 1 amide bonds. The maximum Gasteiger partial charge on any atom is 0.303 e. The molecule has 8 heteroatoms. The van der Waals surface area contributed by atoms with Gasteiger partial charge in [0.2, 0.25) is 5.91 Å². The number of rotatable bonds is 15. The number of aliphatic hydroxyl groups is 1. The van der Waals surface area contributed by atoms with E-state index in [0.29, 0.717) is 25.8 Å². The van der Waals surface area contributed by atoms with E-state index in [1.807, 2.05) is 60.7 Å². The van der Waals surface area contributed by atoms with Gasteiger partial charge in [-0.1, -0.05) is 72.8 Å². The second kappa shape index (κ2) is 16.1. The minimum Gasteiger partial charge on any atom is -0.481 e. The molecule has 0 radical (unpaired) electrons. The van der Waals surface area contributed by atoms with Gasteiger partial charge in [0.05, 0.1) is 18.8 Å². The summed E-state index contributed by atoms with van der Waals surface area (Å²) in [6.45, 7) is 5.79. The Hall–Kier alpha value is -3.82. The summed E-state index contributed by atoms with van der Waals surface area (Å²) in [6, 6.07) is 24.1. The van der Waals surface area contributed by atoms with Crippen LogP contribution in [0.4, 0.5) is 0 Å². The number of likely N-dealkylation sites (N-methyl/N-ethyl adjacent to an activating group) is 1. The van der Waals surface area contributed by atoms with Crippen LogP contribution in [0.5, 0.6) is 0 Å². The molecule has 1 aliphatic rings. The number of nitrogens with one attached hydrogen (secondary N) is 1. The molecule has 1 heterocycles. The van der Waals surface area contributed by atoms with E-state index in [1.54, 1.807) is 0 Å². The zero-order chi connectivity index (χ0) is 30.6. The van der Waals surface area contributed by atoms with Gasteiger partial charge in [-0.05, 0) is 53.8 Å². The predicted octanol–water partition coefficient (Wildman–Crippen LogP) is 5.77. The van der Waals surface area contributed by atoms with Crippen LogP contribution < -0.4 is 5.32 Å². The molecule has 4 rings (SSSR count). The Morgan fingerprint density at radius 2 is 1.67 bits per heavy atom. The maximum atomic E-state index is 12.2. The normalized spacial score (nSPS) is 18.3. The van der Waals surface area contributed by atoms with Crippen molar-refractivity contribution in [3.63, 3.8) is 0 Å². The number of aliphatic carboxylic acids is 1. The van der Waals surface area contributed by atoms with Gasteiger partial charge in [0, 0.05) is 44.5 Å². The fourth-order valence-electron chi connectivity index (χ4n) is 5.22. The molecule has 228 valence electrons. The molecule has 1 saturated heterocycles. The van der Waals surface area contributed by atoms with Gasteiger partial charge in [-0.15, -0.1) is 6.58 Å². The Morgan fingerprint density at radius 1 is 0.953 bits per heavy atom. The van der Waals surface area contributed by atoms with Crippen LogP contribution in [0.1, 0.15) is 66.8 Å². The van der Waals surface area contributed by atoms with Crippen LogP contribution in [0, 0.1) is 0 Å². The molecule has 43 heavy (non-hydrogen) atoms. The number of hydrogen-bond donors (Lipinski definition) is 3. The van der Waals surface area contributed by atoms with Gasteiger partial charge in [-0.3, -0.25) is 9.59 Å². The minimum absolute atomic E-state index is 0.00654. The van der Waals surface area contributed by atoms with Crippen LogP contribution in [-0.2, 0) is 32.2 Å². The van der Waals surface area contributed by atoms with Crippen molar-refractivity contribution >= 4 is 11.9 Å². The Labute approximate surface area is 254 Å². The third-order valence-corrected chi connectivity index (χ3v) is 7.55.